The number of rotatable bonds is 10. The first-order valence-electron chi connectivity index (χ1n) is 8.56. The van der Waals surface area contributed by atoms with Gasteiger partial charge in [0.1, 0.15) is 0 Å². The normalized spacial score (nSPS) is 11.6. The summed E-state index contributed by atoms with van der Waals surface area (Å²) in [5.41, 5.74) is 2.10. The predicted molar refractivity (Wildman–Crippen MR) is 105 cm³/mol. The van der Waals surface area contributed by atoms with Gasteiger partial charge in [-0.05, 0) is 31.2 Å². The molecule has 0 aliphatic carbocycles. The van der Waals surface area contributed by atoms with Gasteiger partial charge in [-0.3, -0.25) is 19.4 Å². The molecule has 1 amide bonds. The third-order valence-corrected chi connectivity index (χ3v) is 5.03. The van der Waals surface area contributed by atoms with Crippen LogP contribution in [0.3, 0.4) is 0 Å². The minimum atomic E-state index is -1.01. The molecule has 1 aromatic heterocycles. The Balaban J connectivity index is 1.79. The number of carboxylic acid groups (broad SMARTS) is 1. The summed E-state index contributed by atoms with van der Waals surface area (Å²) in [6.45, 7) is 2.40. The molecule has 7 heteroatoms. The van der Waals surface area contributed by atoms with Gasteiger partial charge in [0, 0.05) is 47.5 Å². The molecule has 0 spiro atoms. The number of aliphatic carboxylic acids is 1. The first kappa shape index (κ1) is 20.6. The Morgan fingerprint density at radius 1 is 1.15 bits per heavy atom. The highest BCUT2D eigenvalue weighted by Crippen LogP contribution is 2.18. The van der Waals surface area contributed by atoms with Gasteiger partial charge in [0.25, 0.3) is 5.91 Å². The Morgan fingerprint density at radius 2 is 1.89 bits per heavy atom. The van der Waals surface area contributed by atoms with Crippen LogP contribution in [0, 0.1) is 12.8 Å². The molecule has 0 radical (unpaired) electrons. The zero-order valence-corrected chi connectivity index (χ0v) is 15.9. The van der Waals surface area contributed by atoms with Gasteiger partial charge in [-0.15, -0.1) is 0 Å². The minimum absolute atomic E-state index is 0.149. The lowest BCUT2D eigenvalue weighted by Crippen LogP contribution is -2.26. The van der Waals surface area contributed by atoms with E-state index in [4.69, 9.17) is 5.11 Å². The van der Waals surface area contributed by atoms with Crippen molar-refractivity contribution in [3.05, 3.63) is 65.5 Å². The molecular weight excluding hydrogens is 364 g/mol. The van der Waals surface area contributed by atoms with E-state index in [1.165, 1.54) is 18.0 Å². The van der Waals surface area contributed by atoms with Crippen LogP contribution in [0.1, 0.15) is 32.7 Å². The van der Waals surface area contributed by atoms with Crippen molar-refractivity contribution in [1.82, 2.24) is 10.3 Å². The van der Waals surface area contributed by atoms with E-state index in [1.54, 1.807) is 30.5 Å². The van der Waals surface area contributed by atoms with Gasteiger partial charge < -0.3 is 10.4 Å². The number of thioether (sulfide) groups is 1. The molecule has 27 heavy (non-hydrogen) atoms. The van der Waals surface area contributed by atoms with E-state index in [9.17, 15) is 14.4 Å². The Bertz CT molecular complexity index is 778. The number of hydrogen-bond acceptors (Lipinski definition) is 5. The fourth-order valence-electron chi connectivity index (χ4n) is 2.45. The fraction of sp³-hybridized carbons (Fsp3) is 0.300. The average molecular weight is 386 g/mol. The number of aromatic nitrogens is 1. The van der Waals surface area contributed by atoms with Crippen LogP contribution in [0.25, 0.3) is 0 Å². The maximum atomic E-state index is 12.5. The number of nitrogens with zero attached hydrogens (tertiary/aromatic N) is 1. The fourth-order valence-corrected chi connectivity index (χ4v) is 3.42. The number of amides is 1. The predicted octanol–water partition coefficient (Wildman–Crippen LogP) is 2.83. The Morgan fingerprint density at radius 3 is 2.52 bits per heavy atom. The van der Waals surface area contributed by atoms with Crippen LogP contribution in [0.4, 0.5) is 0 Å². The van der Waals surface area contributed by atoms with Gasteiger partial charge in [-0.2, -0.15) is 11.8 Å². The van der Waals surface area contributed by atoms with Crippen molar-refractivity contribution in [2.24, 2.45) is 5.92 Å². The van der Waals surface area contributed by atoms with E-state index in [2.05, 4.69) is 10.3 Å². The van der Waals surface area contributed by atoms with Crippen LogP contribution in [0.2, 0.25) is 0 Å². The smallest absolute Gasteiger partial charge is 0.304 e. The lowest BCUT2D eigenvalue weighted by Gasteiger charge is -2.13. The van der Waals surface area contributed by atoms with Crippen LogP contribution in [-0.2, 0) is 4.79 Å². The van der Waals surface area contributed by atoms with Crippen LogP contribution in [0.15, 0.2) is 48.8 Å². The summed E-state index contributed by atoms with van der Waals surface area (Å²) in [6, 6.07) is 10.6. The van der Waals surface area contributed by atoms with Crippen molar-refractivity contribution in [3.63, 3.8) is 0 Å². The van der Waals surface area contributed by atoms with E-state index in [0.29, 0.717) is 29.2 Å². The summed E-state index contributed by atoms with van der Waals surface area (Å²) >= 11 is 1.45. The molecular formula is C20H22N2O4S. The highest BCUT2D eigenvalue weighted by atomic mass is 32.2. The average Bonchev–Trinajstić information content (AvgIpc) is 2.67. The summed E-state index contributed by atoms with van der Waals surface area (Å²) in [5, 5.41) is 11.9. The van der Waals surface area contributed by atoms with Crippen molar-refractivity contribution in [3.8, 4) is 0 Å². The van der Waals surface area contributed by atoms with Crippen molar-refractivity contribution < 1.29 is 19.5 Å². The second-order valence-electron chi connectivity index (χ2n) is 6.10. The summed E-state index contributed by atoms with van der Waals surface area (Å²) < 4.78 is 0. The zero-order valence-electron chi connectivity index (χ0n) is 15.1. The Hall–Kier alpha value is -2.67. The number of ketones is 1. The van der Waals surface area contributed by atoms with Gasteiger partial charge in [-0.1, -0.05) is 17.7 Å². The van der Waals surface area contributed by atoms with E-state index in [-0.39, 0.29) is 18.1 Å². The second-order valence-corrected chi connectivity index (χ2v) is 7.25. The Labute approximate surface area is 162 Å². The summed E-state index contributed by atoms with van der Waals surface area (Å²) in [5.74, 6) is -1.03. The van der Waals surface area contributed by atoms with Gasteiger partial charge >= 0.3 is 5.97 Å². The topological polar surface area (TPSA) is 96.4 Å². The quantitative estimate of drug-likeness (QED) is 0.481. The van der Waals surface area contributed by atoms with Crippen molar-refractivity contribution in [2.45, 2.75) is 13.3 Å². The number of benzene rings is 1. The first-order chi connectivity index (χ1) is 13.0. The molecule has 2 N–H and O–H groups in total. The number of aryl methyl sites for hydroxylation is 1. The molecule has 142 valence electrons. The number of carbonyl (C=O) groups is 3. The van der Waals surface area contributed by atoms with Crippen molar-refractivity contribution >= 4 is 29.4 Å². The van der Waals surface area contributed by atoms with E-state index >= 15 is 0 Å². The molecule has 2 rings (SSSR count). The molecule has 1 aromatic carbocycles. The van der Waals surface area contributed by atoms with E-state index in [0.717, 1.165) is 5.56 Å². The molecule has 0 aliphatic rings. The summed E-state index contributed by atoms with van der Waals surface area (Å²) in [4.78, 5) is 39.5. The molecule has 0 aliphatic heterocycles. The van der Waals surface area contributed by atoms with Gasteiger partial charge in [-0.25, -0.2) is 0 Å². The molecule has 0 saturated heterocycles. The molecule has 1 atom stereocenters. The molecule has 0 fully saturated rings. The Kier molecular flexibility index (Phi) is 8.00. The highest BCUT2D eigenvalue weighted by molar-refractivity contribution is 7.99. The van der Waals surface area contributed by atoms with Crippen LogP contribution in [-0.4, -0.2) is 45.8 Å². The van der Waals surface area contributed by atoms with Crippen LogP contribution < -0.4 is 5.32 Å². The third kappa shape index (κ3) is 6.86. The lowest BCUT2D eigenvalue weighted by atomic mass is 9.97. The van der Waals surface area contributed by atoms with E-state index < -0.39 is 11.9 Å². The summed E-state index contributed by atoms with van der Waals surface area (Å²) in [7, 11) is 0. The standard InChI is InChI=1S/C20H22N2O4S/c1-14-4-6-15(7-5-14)20(26)22-9-10-27-13-17(11-18(23)24)19(25)16-3-2-8-21-12-16/h2-8,12,17H,9-11,13H2,1H3,(H,22,26)(H,23,24). The van der Waals surface area contributed by atoms with Crippen LogP contribution in [0.5, 0.6) is 0 Å². The maximum absolute atomic E-state index is 12.5. The van der Waals surface area contributed by atoms with Gasteiger partial charge in [0.05, 0.1) is 6.42 Å². The number of carbonyl (C=O) groups excluding carboxylic acids is 2. The minimum Gasteiger partial charge on any atom is -0.481 e. The molecule has 2 aromatic rings. The summed E-state index contributed by atoms with van der Waals surface area (Å²) in [6.07, 6.45) is 2.79. The maximum Gasteiger partial charge on any atom is 0.304 e. The number of hydrogen-bond donors (Lipinski definition) is 2. The molecule has 1 heterocycles. The number of Topliss-reactive ketones (excluding diaryl/α,β-unsaturated/α-hetero) is 1. The number of carboxylic acids is 1. The molecule has 6 nitrogen and oxygen atoms in total. The van der Waals surface area contributed by atoms with Gasteiger partial charge in [0.2, 0.25) is 0 Å². The van der Waals surface area contributed by atoms with Crippen LogP contribution >= 0.6 is 11.8 Å². The first-order valence-corrected chi connectivity index (χ1v) is 9.71. The molecule has 0 bridgehead atoms. The lowest BCUT2D eigenvalue weighted by molar-refractivity contribution is -0.137. The monoisotopic (exact) mass is 386 g/mol. The zero-order chi connectivity index (χ0) is 19.6. The second kappa shape index (κ2) is 10.5. The highest BCUT2D eigenvalue weighted by Gasteiger charge is 2.23. The van der Waals surface area contributed by atoms with Crippen molar-refractivity contribution in [1.29, 1.82) is 0 Å². The number of pyridine rings is 1. The molecule has 0 saturated carbocycles. The van der Waals surface area contributed by atoms with Crippen molar-refractivity contribution in [2.75, 3.05) is 18.1 Å². The SMILES string of the molecule is Cc1ccc(C(=O)NCCSCC(CC(=O)O)C(=O)c2cccnc2)cc1. The van der Waals surface area contributed by atoms with E-state index in [1.807, 2.05) is 19.1 Å². The molecule has 1 unspecified atom stereocenters. The largest absolute Gasteiger partial charge is 0.481 e. The third-order valence-electron chi connectivity index (χ3n) is 3.90. The van der Waals surface area contributed by atoms with Gasteiger partial charge in [0.15, 0.2) is 5.78 Å². The number of nitrogens with one attached hydrogen (secondary N) is 1.